The third-order valence-corrected chi connectivity index (χ3v) is 6.07. The van der Waals surface area contributed by atoms with Crippen molar-refractivity contribution in [2.24, 2.45) is 11.8 Å². The minimum atomic E-state index is -0.483. The van der Waals surface area contributed by atoms with Gasteiger partial charge < -0.3 is 15.7 Å². The number of rotatable bonds is 4. The standard InChI is InChI=1S/C19H26N2O2/c1-13-4-2-3-5-16(13)21-17(22)11-20-18-7-14-6-15(8-18)10-19(23,9-14)12-18/h2-5,14-15,20,23H,6-12H2,1H3,(H,21,22). The van der Waals surface area contributed by atoms with Crippen LogP contribution in [0.4, 0.5) is 5.69 Å². The van der Waals surface area contributed by atoms with E-state index in [1.165, 1.54) is 6.42 Å². The Morgan fingerprint density at radius 3 is 2.57 bits per heavy atom. The van der Waals surface area contributed by atoms with E-state index in [4.69, 9.17) is 0 Å². The zero-order valence-electron chi connectivity index (χ0n) is 13.8. The Balaban J connectivity index is 1.39. The van der Waals surface area contributed by atoms with Gasteiger partial charge in [-0.3, -0.25) is 4.79 Å². The first-order valence-electron chi connectivity index (χ1n) is 8.78. The first-order chi connectivity index (χ1) is 11.0. The number of aryl methyl sites for hydroxylation is 1. The van der Waals surface area contributed by atoms with Gasteiger partial charge in [-0.2, -0.15) is 0 Å². The van der Waals surface area contributed by atoms with Crippen LogP contribution in [0.25, 0.3) is 0 Å². The molecule has 4 heteroatoms. The molecule has 4 bridgehead atoms. The number of carbonyl (C=O) groups is 1. The van der Waals surface area contributed by atoms with Gasteiger partial charge in [0.1, 0.15) is 0 Å². The molecule has 4 fully saturated rings. The van der Waals surface area contributed by atoms with Crippen LogP contribution in [0, 0.1) is 18.8 Å². The second-order valence-electron chi connectivity index (χ2n) is 8.18. The van der Waals surface area contributed by atoms with Gasteiger partial charge in [0, 0.05) is 11.2 Å². The van der Waals surface area contributed by atoms with Crippen LogP contribution in [0.2, 0.25) is 0 Å². The van der Waals surface area contributed by atoms with E-state index in [0.717, 1.165) is 43.4 Å². The first-order valence-corrected chi connectivity index (χ1v) is 8.78. The van der Waals surface area contributed by atoms with Gasteiger partial charge in [-0.25, -0.2) is 0 Å². The molecule has 0 aliphatic heterocycles. The summed E-state index contributed by atoms with van der Waals surface area (Å²) in [6, 6.07) is 7.84. The van der Waals surface area contributed by atoms with E-state index in [0.29, 0.717) is 18.4 Å². The first kappa shape index (κ1) is 15.2. The lowest BCUT2D eigenvalue weighted by atomic mass is 9.51. The Hall–Kier alpha value is -1.39. The average molecular weight is 314 g/mol. The second kappa shape index (κ2) is 5.32. The fourth-order valence-corrected chi connectivity index (χ4v) is 5.60. The summed E-state index contributed by atoms with van der Waals surface area (Å²) >= 11 is 0. The molecule has 0 heterocycles. The molecule has 5 rings (SSSR count). The Bertz CT molecular complexity index is 614. The van der Waals surface area contributed by atoms with Crippen LogP contribution in [-0.4, -0.2) is 28.7 Å². The molecule has 3 N–H and O–H groups in total. The van der Waals surface area contributed by atoms with E-state index in [1.54, 1.807) is 0 Å². The second-order valence-corrected chi connectivity index (χ2v) is 8.18. The molecule has 1 aromatic rings. The maximum Gasteiger partial charge on any atom is 0.238 e. The highest BCUT2D eigenvalue weighted by Gasteiger charge is 2.56. The molecule has 4 saturated carbocycles. The highest BCUT2D eigenvalue weighted by atomic mass is 16.3. The van der Waals surface area contributed by atoms with Gasteiger partial charge in [0.2, 0.25) is 5.91 Å². The van der Waals surface area contributed by atoms with Gasteiger partial charge in [-0.05, 0) is 68.9 Å². The van der Waals surface area contributed by atoms with Crippen molar-refractivity contribution >= 4 is 11.6 Å². The van der Waals surface area contributed by atoms with Crippen molar-refractivity contribution < 1.29 is 9.90 Å². The summed E-state index contributed by atoms with van der Waals surface area (Å²) in [6.45, 7) is 2.32. The summed E-state index contributed by atoms with van der Waals surface area (Å²) in [5.74, 6) is 1.27. The molecule has 2 atom stereocenters. The monoisotopic (exact) mass is 314 g/mol. The Kier molecular flexibility index (Phi) is 3.50. The normalized spacial score (nSPS) is 37.8. The molecule has 1 aromatic carbocycles. The molecular weight excluding hydrogens is 288 g/mol. The lowest BCUT2D eigenvalue weighted by molar-refractivity contribution is -0.144. The molecule has 1 amide bonds. The molecule has 124 valence electrons. The minimum absolute atomic E-state index is 0.00188. The molecule has 4 aliphatic carbocycles. The van der Waals surface area contributed by atoms with Gasteiger partial charge in [-0.1, -0.05) is 18.2 Å². The number of aliphatic hydroxyl groups is 1. The molecule has 0 saturated heterocycles. The molecule has 0 radical (unpaired) electrons. The number of hydrogen-bond acceptors (Lipinski definition) is 3. The van der Waals surface area contributed by atoms with Crippen LogP contribution in [0.5, 0.6) is 0 Å². The number of benzene rings is 1. The lowest BCUT2D eigenvalue weighted by Crippen LogP contribution is -2.65. The largest absolute Gasteiger partial charge is 0.390 e. The van der Waals surface area contributed by atoms with Crippen LogP contribution < -0.4 is 10.6 Å². The van der Waals surface area contributed by atoms with Gasteiger partial charge >= 0.3 is 0 Å². The summed E-state index contributed by atoms with van der Waals surface area (Å²) in [6.07, 6.45) is 6.23. The Labute approximate surface area is 137 Å². The predicted octanol–water partition coefficient (Wildman–Crippen LogP) is 2.61. The number of hydrogen-bond donors (Lipinski definition) is 3. The fraction of sp³-hybridized carbons (Fsp3) is 0.632. The van der Waals surface area contributed by atoms with Crippen LogP contribution in [0.15, 0.2) is 24.3 Å². The molecule has 0 spiro atoms. The molecule has 4 nitrogen and oxygen atoms in total. The number of amides is 1. The number of nitrogens with one attached hydrogen (secondary N) is 2. The fourth-order valence-electron chi connectivity index (χ4n) is 5.60. The smallest absolute Gasteiger partial charge is 0.238 e. The lowest BCUT2D eigenvalue weighted by Gasteiger charge is -2.60. The quantitative estimate of drug-likeness (QED) is 0.800. The zero-order chi connectivity index (χ0) is 16.1. The predicted molar refractivity (Wildman–Crippen MR) is 90.2 cm³/mol. The Morgan fingerprint density at radius 2 is 1.91 bits per heavy atom. The minimum Gasteiger partial charge on any atom is -0.390 e. The van der Waals surface area contributed by atoms with Crippen LogP contribution in [-0.2, 0) is 4.79 Å². The van der Waals surface area contributed by atoms with Crippen molar-refractivity contribution in [1.82, 2.24) is 5.32 Å². The van der Waals surface area contributed by atoms with Gasteiger partial charge in [-0.15, -0.1) is 0 Å². The number of para-hydroxylation sites is 1. The third-order valence-electron chi connectivity index (χ3n) is 6.07. The Morgan fingerprint density at radius 1 is 1.22 bits per heavy atom. The zero-order valence-corrected chi connectivity index (χ0v) is 13.8. The number of anilines is 1. The average Bonchev–Trinajstić information content (AvgIpc) is 2.45. The van der Waals surface area contributed by atoms with E-state index in [9.17, 15) is 9.90 Å². The molecule has 2 unspecified atom stereocenters. The molecule has 0 aromatic heterocycles. The summed E-state index contributed by atoms with van der Waals surface area (Å²) < 4.78 is 0. The van der Waals surface area contributed by atoms with E-state index in [1.807, 2.05) is 31.2 Å². The van der Waals surface area contributed by atoms with E-state index < -0.39 is 5.60 Å². The van der Waals surface area contributed by atoms with Gasteiger partial charge in [0.25, 0.3) is 0 Å². The summed E-state index contributed by atoms with van der Waals surface area (Å²) in [5.41, 5.74) is 1.44. The van der Waals surface area contributed by atoms with Crippen molar-refractivity contribution in [2.75, 3.05) is 11.9 Å². The topological polar surface area (TPSA) is 61.4 Å². The number of carbonyl (C=O) groups excluding carboxylic acids is 1. The van der Waals surface area contributed by atoms with Crippen molar-refractivity contribution in [3.63, 3.8) is 0 Å². The summed E-state index contributed by atoms with van der Waals surface area (Å²) in [5, 5.41) is 17.3. The van der Waals surface area contributed by atoms with E-state index in [2.05, 4.69) is 10.6 Å². The van der Waals surface area contributed by atoms with E-state index in [-0.39, 0.29) is 11.4 Å². The maximum atomic E-state index is 12.3. The van der Waals surface area contributed by atoms with Crippen molar-refractivity contribution in [2.45, 2.75) is 56.6 Å². The summed E-state index contributed by atoms with van der Waals surface area (Å²) in [4.78, 5) is 12.3. The van der Waals surface area contributed by atoms with Crippen molar-refractivity contribution in [3.8, 4) is 0 Å². The molecule has 23 heavy (non-hydrogen) atoms. The van der Waals surface area contributed by atoms with Crippen LogP contribution >= 0.6 is 0 Å². The van der Waals surface area contributed by atoms with Crippen LogP contribution in [0.1, 0.15) is 44.1 Å². The van der Waals surface area contributed by atoms with Crippen molar-refractivity contribution in [1.29, 1.82) is 0 Å². The third kappa shape index (κ3) is 2.90. The van der Waals surface area contributed by atoms with Gasteiger partial charge in [0.15, 0.2) is 0 Å². The maximum absolute atomic E-state index is 12.3. The van der Waals surface area contributed by atoms with Crippen molar-refractivity contribution in [3.05, 3.63) is 29.8 Å². The van der Waals surface area contributed by atoms with Gasteiger partial charge in [0.05, 0.1) is 12.1 Å². The SMILES string of the molecule is Cc1ccccc1NC(=O)CNC12CC3CC(CC(O)(C3)C1)C2. The van der Waals surface area contributed by atoms with Crippen LogP contribution in [0.3, 0.4) is 0 Å². The highest BCUT2D eigenvalue weighted by Crippen LogP contribution is 2.57. The molecular formula is C19H26N2O2. The van der Waals surface area contributed by atoms with E-state index >= 15 is 0 Å². The summed E-state index contributed by atoms with van der Waals surface area (Å²) in [7, 11) is 0. The highest BCUT2D eigenvalue weighted by molar-refractivity contribution is 5.93. The molecule has 4 aliphatic rings.